The minimum atomic E-state index is -0.832. The van der Waals surface area contributed by atoms with Crippen molar-refractivity contribution in [2.24, 2.45) is 0 Å². The molecule has 0 aliphatic heterocycles. The zero-order chi connectivity index (χ0) is 43.1. The molecule has 0 heterocycles. The number of hydrogen-bond acceptors (Lipinski definition) is 1. The molecule has 1 nitrogen and oxygen atoms in total. The molecule has 7 aromatic rings. The zero-order valence-electron chi connectivity index (χ0n) is 39.3. The van der Waals surface area contributed by atoms with Gasteiger partial charge in [-0.05, 0) is 86.5 Å². The number of fused-ring (bicyclic) bond motifs is 1. The van der Waals surface area contributed by atoms with Gasteiger partial charge in [-0.3, -0.25) is 0 Å². The Labute approximate surface area is 266 Å². The van der Waals surface area contributed by atoms with Crippen molar-refractivity contribution in [1.82, 2.24) is 0 Å². The largest absolute Gasteiger partial charge is 0.310 e. The molecule has 0 fully saturated rings. The third-order valence-electron chi connectivity index (χ3n) is 6.36. The Morgan fingerprint density at radius 3 is 1.44 bits per heavy atom. The molecule has 7 rings (SSSR count). The molecule has 0 radical (unpaired) electrons. The van der Waals surface area contributed by atoms with Crippen molar-refractivity contribution in [2.45, 2.75) is 0 Å². The molecule has 0 spiro atoms. The number of hydrogen-bond donors (Lipinski definition) is 0. The van der Waals surface area contributed by atoms with E-state index in [4.69, 9.17) is 19.2 Å². The quantitative estimate of drug-likeness (QED) is 0.202. The second-order valence-electron chi connectivity index (χ2n) is 8.89. The summed E-state index contributed by atoms with van der Waals surface area (Å²) in [4.78, 5) is 1.00. The number of nitrogens with zero attached hydrogens (tertiary/aromatic N) is 1. The van der Waals surface area contributed by atoms with E-state index in [0.29, 0.717) is 11.1 Å². The maximum atomic E-state index is 9.29. The highest BCUT2D eigenvalue weighted by Crippen LogP contribution is 2.38. The van der Waals surface area contributed by atoms with Crippen molar-refractivity contribution in [3.8, 4) is 33.4 Å². The fourth-order valence-corrected chi connectivity index (χ4v) is 4.40. The molecule has 0 bridgehead atoms. The summed E-state index contributed by atoms with van der Waals surface area (Å²) in [6.45, 7) is 0. The van der Waals surface area contributed by atoms with E-state index in [1.54, 1.807) is 18.2 Å². The average Bonchev–Trinajstić information content (AvgIpc) is 3.23. The van der Waals surface area contributed by atoms with Crippen LogP contribution in [0.2, 0.25) is 0 Å². The van der Waals surface area contributed by atoms with Crippen molar-refractivity contribution in [1.29, 1.82) is 0 Å². The Morgan fingerprint density at radius 2 is 0.854 bits per heavy atom. The molecule has 1 heteroatoms. The van der Waals surface area contributed by atoms with Gasteiger partial charge in [0.15, 0.2) is 0 Å². The molecule has 41 heavy (non-hydrogen) atoms. The van der Waals surface area contributed by atoms with E-state index in [0.717, 1.165) is 15.7 Å². The Hall–Kier alpha value is -5.40. The predicted octanol–water partition coefficient (Wildman–Crippen LogP) is 11.3. The minimum Gasteiger partial charge on any atom is -0.310 e. The highest BCUT2D eigenvalue weighted by atomic mass is 15.1. The summed E-state index contributed by atoms with van der Waals surface area (Å²) < 4.78 is 156. The molecule has 0 amide bonds. The first kappa shape index (κ1) is 12.0. The van der Waals surface area contributed by atoms with Crippen molar-refractivity contribution in [3.63, 3.8) is 0 Å². The van der Waals surface area contributed by atoms with Gasteiger partial charge >= 0.3 is 0 Å². The van der Waals surface area contributed by atoms with Gasteiger partial charge in [-0.1, -0.05) is 133 Å². The Morgan fingerprint density at radius 1 is 0.341 bits per heavy atom. The summed E-state index contributed by atoms with van der Waals surface area (Å²) in [5.41, 5.74) is -2.24. The summed E-state index contributed by atoms with van der Waals surface area (Å²) in [6.07, 6.45) is 0. The molecule has 0 aliphatic rings. The van der Waals surface area contributed by atoms with E-state index in [1.165, 1.54) is 6.07 Å². The fourth-order valence-electron chi connectivity index (χ4n) is 4.40. The van der Waals surface area contributed by atoms with E-state index in [9.17, 15) is 5.48 Å². The maximum Gasteiger partial charge on any atom is 0.0645 e. The van der Waals surface area contributed by atoms with Crippen LogP contribution < -0.4 is 4.90 Å². The standard InChI is InChI=1S/C40H29N/c1-3-10-30(11-4-1)33-20-24-38(25-21-33)41(39-26-22-34(23-27-39)31-12-5-2-6-13-31)40-17-9-16-36(29-40)37-19-18-32-14-7-8-15-35(32)28-37/h1-29H/i1D,2D,3D,4D,5D,6D,10D,11D,12D,13D,20D,21D,22D,23D,24D,25D,26D,27D. The van der Waals surface area contributed by atoms with E-state index in [2.05, 4.69) is 0 Å². The Bertz CT molecular complexity index is 2690. The highest BCUT2D eigenvalue weighted by molar-refractivity contribution is 5.88. The van der Waals surface area contributed by atoms with Crippen LogP contribution in [0.15, 0.2) is 175 Å². The van der Waals surface area contributed by atoms with Crippen molar-refractivity contribution >= 4 is 27.8 Å². The highest BCUT2D eigenvalue weighted by Gasteiger charge is 2.14. The Balaban J connectivity index is 1.57. The van der Waals surface area contributed by atoms with E-state index in [-0.39, 0.29) is 5.69 Å². The van der Waals surface area contributed by atoms with Crippen molar-refractivity contribution < 1.29 is 24.7 Å². The lowest BCUT2D eigenvalue weighted by molar-refractivity contribution is 1.28. The molecule has 0 saturated heterocycles. The molecule has 0 aromatic heterocycles. The summed E-state index contributed by atoms with van der Waals surface area (Å²) >= 11 is 0. The molecule has 0 N–H and O–H groups in total. The van der Waals surface area contributed by atoms with Crippen molar-refractivity contribution in [3.05, 3.63) is 175 Å². The van der Waals surface area contributed by atoms with Gasteiger partial charge in [-0.25, -0.2) is 0 Å². The van der Waals surface area contributed by atoms with Crippen LogP contribution in [0.4, 0.5) is 17.1 Å². The first-order valence-corrected chi connectivity index (χ1v) is 12.6. The van der Waals surface area contributed by atoms with Crippen LogP contribution in [0.5, 0.6) is 0 Å². The van der Waals surface area contributed by atoms with E-state index < -0.39 is 142 Å². The first-order valence-electron chi connectivity index (χ1n) is 21.6. The summed E-state index contributed by atoms with van der Waals surface area (Å²) in [7, 11) is 0. The van der Waals surface area contributed by atoms with Crippen LogP contribution in [0, 0.1) is 0 Å². The van der Waals surface area contributed by atoms with Gasteiger partial charge in [0.1, 0.15) is 0 Å². The van der Waals surface area contributed by atoms with Gasteiger partial charge in [-0.2, -0.15) is 0 Å². The lowest BCUT2D eigenvalue weighted by atomic mass is 10.00. The fraction of sp³-hybridized carbons (Fsp3) is 0. The lowest BCUT2D eigenvalue weighted by Crippen LogP contribution is -2.10. The third kappa shape index (κ3) is 5.14. The van der Waals surface area contributed by atoms with Crippen LogP contribution in [0.1, 0.15) is 24.7 Å². The summed E-state index contributed by atoms with van der Waals surface area (Å²) in [5.74, 6) is 0. The van der Waals surface area contributed by atoms with Gasteiger partial charge in [0.2, 0.25) is 0 Å². The van der Waals surface area contributed by atoms with Gasteiger partial charge in [0.05, 0.1) is 24.7 Å². The maximum absolute atomic E-state index is 9.29. The minimum absolute atomic E-state index is 0.0448. The molecule has 0 aliphatic carbocycles. The zero-order valence-corrected chi connectivity index (χ0v) is 21.3. The summed E-state index contributed by atoms with van der Waals surface area (Å²) in [5, 5.41) is 1.86. The molecule has 194 valence electrons. The summed E-state index contributed by atoms with van der Waals surface area (Å²) in [6, 6.07) is 5.44. The third-order valence-corrected chi connectivity index (χ3v) is 6.36. The monoisotopic (exact) mass is 541 g/mol. The van der Waals surface area contributed by atoms with Crippen LogP contribution in [0.25, 0.3) is 44.2 Å². The number of rotatable bonds is 6. The molecule has 7 aromatic carbocycles. The second-order valence-corrected chi connectivity index (χ2v) is 8.89. The Kier molecular flexibility index (Phi) is 3.22. The topological polar surface area (TPSA) is 3.24 Å². The molecular weight excluding hydrogens is 494 g/mol. The predicted molar refractivity (Wildman–Crippen MR) is 175 cm³/mol. The number of benzene rings is 7. The van der Waals surface area contributed by atoms with Gasteiger partial charge in [-0.15, -0.1) is 0 Å². The van der Waals surface area contributed by atoms with E-state index >= 15 is 0 Å². The SMILES string of the molecule is [2H]c1c([2H])c([2H])c(-c2c([2H])c([2H])c(N(c3cccc(-c4ccc5ccccc5c4)c3)c3c([2H])c([2H])c(-c4c([2H])c([2H])c([2H])c([2H])c4[2H])c([2H])c3[2H])c([2H])c2[2H])c([2H])c1[2H]. The van der Waals surface area contributed by atoms with Crippen molar-refractivity contribution in [2.75, 3.05) is 4.90 Å². The van der Waals surface area contributed by atoms with Gasteiger partial charge in [0.25, 0.3) is 0 Å². The van der Waals surface area contributed by atoms with Crippen LogP contribution >= 0.6 is 0 Å². The molecule has 0 saturated carbocycles. The molecular formula is C40H29N. The average molecular weight is 542 g/mol. The second kappa shape index (κ2) is 11.0. The molecule has 0 unspecified atom stereocenters. The number of anilines is 3. The van der Waals surface area contributed by atoms with Crippen LogP contribution in [-0.2, 0) is 0 Å². The normalized spacial score (nSPS) is 17.1. The van der Waals surface area contributed by atoms with E-state index in [1.807, 2.05) is 42.5 Å². The first-order chi connectivity index (χ1) is 27.8. The van der Waals surface area contributed by atoms with Gasteiger partial charge < -0.3 is 4.90 Å². The lowest BCUT2D eigenvalue weighted by Gasteiger charge is -2.26. The van der Waals surface area contributed by atoms with Crippen LogP contribution in [0.3, 0.4) is 0 Å². The van der Waals surface area contributed by atoms with Gasteiger partial charge in [0, 0.05) is 17.1 Å². The smallest absolute Gasteiger partial charge is 0.0645 e. The molecule has 0 atom stereocenters. The van der Waals surface area contributed by atoms with Crippen LogP contribution in [-0.4, -0.2) is 0 Å².